The van der Waals surface area contributed by atoms with Gasteiger partial charge in [-0.15, -0.1) is 0 Å². The largest absolute Gasteiger partial charge is 0.313 e. The fourth-order valence-corrected chi connectivity index (χ4v) is 3.04. The van der Waals surface area contributed by atoms with Crippen molar-refractivity contribution >= 4 is 0 Å². The molecule has 3 nitrogen and oxygen atoms in total. The van der Waals surface area contributed by atoms with Crippen molar-refractivity contribution in [2.75, 3.05) is 26.2 Å². The SMILES string of the molecule is CCN(CC)CCNC1CC(C#N)(c2ccccc2)C1. The van der Waals surface area contributed by atoms with Gasteiger partial charge in [-0.2, -0.15) is 5.26 Å². The first kappa shape index (κ1) is 15.0. The van der Waals surface area contributed by atoms with Crippen LogP contribution in [0.4, 0.5) is 0 Å². The minimum Gasteiger partial charge on any atom is -0.313 e. The van der Waals surface area contributed by atoms with E-state index in [1.807, 2.05) is 18.2 Å². The number of nitriles is 1. The van der Waals surface area contributed by atoms with Crippen LogP contribution in [0.1, 0.15) is 32.3 Å². The maximum atomic E-state index is 9.51. The normalized spacial score (nSPS) is 25.2. The van der Waals surface area contributed by atoms with Crippen molar-refractivity contribution in [3.05, 3.63) is 35.9 Å². The highest BCUT2D eigenvalue weighted by Gasteiger charge is 2.45. The Hall–Kier alpha value is -1.37. The quantitative estimate of drug-likeness (QED) is 0.828. The first-order valence-corrected chi connectivity index (χ1v) is 7.66. The van der Waals surface area contributed by atoms with E-state index in [9.17, 15) is 5.26 Å². The molecule has 0 heterocycles. The molecule has 1 aromatic rings. The van der Waals surface area contributed by atoms with Crippen LogP contribution in [0.2, 0.25) is 0 Å². The smallest absolute Gasteiger partial charge is 0.0852 e. The van der Waals surface area contributed by atoms with Crippen LogP contribution in [0.25, 0.3) is 0 Å². The topological polar surface area (TPSA) is 39.1 Å². The molecule has 0 aliphatic heterocycles. The molecule has 0 bridgehead atoms. The highest BCUT2D eigenvalue weighted by atomic mass is 15.1. The number of benzene rings is 1. The van der Waals surface area contributed by atoms with E-state index in [1.54, 1.807) is 0 Å². The summed E-state index contributed by atoms with van der Waals surface area (Å²) in [4.78, 5) is 2.42. The Bertz CT molecular complexity index is 439. The Morgan fingerprint density at radius 3 is 2.45 bits per heavy atom. The van der Waals surface area contributed by atoms with Crippen molar-refractivity contribution in [3.63, 3.8) is 0 Å². The zero-order valence-corrected chi connectivity index (χ0v) is 12.6. The Labute approximate surface area is 122 Å². The summed E-state index contributed by atoms with van der Waals surface area (Å²) in [6, 6.07) is 13.2. The molecule has 1 saturated carbocycles. The van der Waals surface area contributed by atoms with Crippen LogP contribution in [0.5, 0.6) is 0 Å². The molecule has 0 unspecified atom stereocenters. The first-order valence-electron chi connectivity index (χ1n) is 7.66. The first-order chi connectivity index (χ1) is 9.74. The highest BCUT2D eigenvalue weighted by molar-refractivity contribution is 5.36. The summed E-state index contributed by atoms with van der Waals surface area (Å²) in [6.45, 7) is 8.72. The van der Waals surface area contributed by atoms with Crippen LogP contribution < -0.4 is 5.32 Å². The summed E-state index contributed by atoms with van der Waals surface area (Å²) in [5.41, 5.74) is 0.915. The summed E-state index contributed by atoms with van der Waals surface area (Å²) in [5.74, 6) is 0. The number of nitrogens with zero attached hydrogens (tertiary/aromatic N) is 2. The molecule has 108 valence electrons. The van der Waals surface area contributed by atoms with E-state index in [-0.39, 0.29) is 5.41 Å². The Morgan fingerprint density at radius 2 is 1.90 bits per heavy atom. The van der Waals surface area contributed by atoms with Gasteiger partial charge in [0.2, 0.25) is 0 Å². The summed E-state index contributed by atoms with van der Waals surface area (Å²) in [7, 11) is 0. The molecule has 20 heavy (non-hydrogen) atoms. The van der Waals surface area contributed by atoms with Gasteiger partial charge < -0.3 is 10.2 Å². The number of hydrogen-bond donors (Lipinski definition) is 1. The minimum atomic E-state index is -0.256. The molecule has 1 N–H and O–H groups in total. The lowest BCUT2D eigenvalue weighted by Gasteiger charge is -2.43. The predicted octanol–water partition coefficient (Wildman–Crippen LogP) is 2.54. The molecule has 1 aliphatic carbocycles. The van der Waals surface area contributed by atoms with Gasteiger partial charge >= 0.3 is 0 Å². The van der Waals surface area contributed by atoms with Crippen LogP contribution in [0.15, 0.2) is 30.3 Å². The molecule has 2 rings (SSSR count). The van der Waals surface area contributed by atoms with Crippen molar-refractivity contribution in [2.45, 2.75) is 38.1 Å². The molecular formula is C17H25N3. The zero-order valence-electron chi connectivity index (χ0n) is 12.6. The van der Waals surface area contributed by atoms with Crippen molar-refractivity contribution in [2.24, 2.45) is 0 Å². The Morgan fingerprint density at radius 1 is 1.25 bits per heavy atom. The van der Waals surface area contributed by atoms with Gasteiger partial charge in [0.15, 0.2) is 0 Å². The molecule has 0 amide bonds. The number of hydrogen-bond acceptors (Lipinski definition) is 3. The van der Waals surface area contributed by atoms with Crippen LogP contribution in [0, 0.1) is 11.3 Å². The van der Waals surface area contributed by atoms with Gasteiger partial charge in [-0.05, 0) is 31.5 Å². The molecule has 0 radical (unpaired) electrons. The third kappa shape index (κ3) is 3.20. The molecule has 0 spiro atoms. The second kappa shape index (κ2) is 6.88. The Kier molecular flexibility index (Phi) is 5.17. The van der Waals surface area contributed by atoms with Gasteiger partial charge in [-0.3, -0.25) is 0 Å². The summed E-state index contributed by atoms with van der Waals surface area (Å²) in [6.07, 6.45) is 1.87. The van der Waals surface area contributed by atoms with E-state index in [0.29, 0.717) is 6.04 Å². The Balaban J connectivity index is 1.80. The average molecular weight is 271 g/mol. The maximum Gasteiger partial charge on any atom is 0.0852 e. The summed E-state index contributed by atoms with van der Waals surface area (Å²) < 4.78 is 0. The third-order valence-electron chi connectivity index (χ3n) is 4.49. The second-order valence-corrected chi connectivity index (χ2v) is 5.65. The molecule has 0 saturated heterocycles. The standard InChI is InChI=1S/C17H25N3/c1-3-20(4-2)11-10-19-16-12-17(13-16,14-18)15-8-6-5-7-9-15/h5-9,16,19H,3-4,10-13H2,1-2H3. The van der Waals surface area contributed by atoms with E-state index in [0.717, 1.165) is 39.0 Å². The van der Waals surface area contributed by atoms with Crippen molar-refractivity contribution < 1.29 is 0 Å². The van der Waals surface area contributed by atoms with Crippen LogP contribution >= 0.6 is 0 Å². The molecule has 1 aromatic carbocycles. The maximum absolute atomic E-state index is 9.51. The number of likely N-dealkylation sites (N-methyl/N-ethyl adjacent to an activating group) is 1. The molecule has 3 heteroatoms. The van der Waals surface area contributed by atoms with E-state index < -0.39 is 0 Å². The van der Waals surface area contributed by atoms with Gasteiger partial charge in [-0.1, -0.05) is 44.2 Å². The van der Waals surface area contributed by atoms with Gasteiger partial charge in [0.05, 0.1) is 11.5 Å². The van der Waals surface area contributed by atoms with E-state index in [1.165, 1.54) is 5.56 Å². The molecular weight excluding hydrogens is 246 g/mol. The number of rotatable bonds is 7. The fraction of sp³-hybridized carbons (Fsp3) is 0.588. The monoisotopic (exact) mass is 271 g/mol. The average Bonchev–Trinajstić information content (AvgIpc) is 2.47. The number of nitrogens with one attached hydrogen (secondary N) is 1. The van der Waals surface area contributed by atoms with Gasteiger partial charge in [0.1, 0.15) is 0 Å². The van der Waals surface area contributed by atoms with Crippen molar-refractivity contribution in [3.8, 4) is 6.07 Å². The molecule has 1 aliphatic rings. The highest BCUT2D eigenvalue weighted by Crippen LogP contribution is 2.43. The fourth-order valence-electron chi connectivity index (χ4n) is 3.04. The molecule has 0 atom stereocenters. The van der Waals surface area contributed by atoms with E-state index in [4.69, 9.17) is 0 Å². The van der Waals surface area contributed by atoms with Gasteiger partial charge in [0.25, 0.3) is 0 Å². The van der Waals surface area contributed by atoms with Crippen molar-refractivity contribution in [1.29, 1.82) is 5.26 Å². The van der Waals surface area contributed by atoms with Gasteiger partial charge in [-0.25, -0.2) is 0 Å². The summed E-state index contributed by atoms with van der Waals surface area (Å²) >= 11 is 0. The zero-order chi connectivity index (χ0) is 14.4. The van der Waals surface area contributed by atoms with Crippen LogP contribution in [-0.4, -0.2) is 37.1 Å². The van der Waals surface area contributed by atoms with E-state index >= 15 is 0 Å². The summed E-state index contributed by atoms with van der Waals surface area (Å²) in [5, 5.41) is 13.1. The van der Waals surface area contributed by atoms with Crippen LogP contribution in [-0.2, 0) is 5.41 Å². The van der Waals surface area contributed by atoms with E-state index in [2.05, 4.69) is 42.3 Å². The second-order valence-electron chi connectivity index (χ2n) is 5.65. The lowest BCUT2D eigenvalue weighted by atomic mass is 9.62. The van der Waals surface area contributed by atoms with Gasteiger partial charge in [0, 0.05) is 19.1 Å². The predicted molar refractivity (Wildman–Crippen MR) is 82.5 cm³/mol. The molecule has 0 aromatic heterocycles. The lowest BCUT2D eigenvalue weighted by molar-refractivity contribution is 0.213. The lowest BCUT2D eigenvalue weighted by Crippen LogP contribution is -2.52. The third-order valence-corrected chi connectivity index (χ3v) is 4.49. The van der Waals surface area contributed by atoms with Crippen molar-refractivity contribution in [1.82, 2.24) is 10.2 Å². The minimum absolute atomic E-state index is 0.256. The molecule has 1 fully saturated rings. The van der Waals surface area contributed by atoms with Crippen LogP contribution in [0.3, 0.4) is 0 Å².